The Morgan fingerprint density at radius 1 is 1.40 bits per heavy atom. The van der Waals surface area contributed by atoms with E-state index in [2.05, 4.69) is 46.9 Å². The molecule has 1 fully saturated rings. The standard InChI is InChI=1S/C11H11BrN8/c12-8-5-15-20(6-8)11(1-2-11)7-14-9-10-16-17-18-19(10)4-3-13-9/h3-6H,1-2,7H2,(H,13,14). The van der Waals surface area contributed by atoms with Crippen LogP contribution in [0, 0.1) is 0 Å². The van der Waals surface area contributed by atoms with Crippen LogP contribution in [-0.4, -0.2) is 41.4 Å². The molecule has 0 aliphatic heterocycles. The van der Waals surface area contributed by atoms with Crippen LogP contribution in [0.1, 0.15) is 12.8 Å². The van der Waals surface area contributed by atoms with Gasteiger partial charge in [-0.2, -0.15) is 9.61 Å². The molecule has 1 N–H and O–H groups in total. The lowest BCUT2D eigenvalue weighted by atomic mass is 10.3. The lowest BCUT2D eigenvalue weighted by Crippen LogP contribution is -2.27. The molecular weight excluding hydrogens is 324 g/mol. The van der Waals surface area contributed by atoms with Gasteiger partial charge in [0.05, 0.1) is 22.4 Å². The van der Waals surface area contributed by atoms with Crippen molar-refractivity contribution in [3.05, 3.63) is 29.3 Å². The molecule has 4 rings (SSSR count). The first-order valence-corrected chi connectivity index (χ1v) is 7.03. The van der Waals surface area contributed by atoms with Crippen LogP contribution in [0.4, 0.5) is 5.82 Å². The molecule has 1 aliphatic carbocycles. The predicted molar refractivity (Wildman–Crippen MR) is 74.2 cm³/mol. The molecule has 102 valence electrons. The number of tetrazole rings is 1. The molecule has 20 heavy (non-hydrogen) atoms. The third-order valence-electron chi connectivity index (χ3n) is 3.57. The molecule has 0 amide bonds. The summed E-state index contributed by atoms with van der Waals surface area (Å²) >= 11 is 3.43. The number of rotatable bonds is 4. The summed E-state index contributed by atoms with van der Waals surface area (Å²) < 4.78 is 4.59. The Labute approximate surface area is 122 Å². The minimum Gasteiger partial charge on any atom is -0.364 e. The van der Waals surface area contributed by atoms with E-state index in [1.54, 1.807) is 16.9 Å². The van der Waals surface area contributed by atoms with Crippen molar-refractivity contribution in [2.45, 2.75) is 18.4 Å². The molecule has 8 nitrogen and oxygen atoms in total. The molecule has 0 spiro atoms. The summed E-state index contributed by atoms with van der Waals surface area (Å²) in [5, 5.41) is 19.2. The summed E-state index contributed by atoms with van der Waals surface area (Å²) in [7, 11) is 0. The SMILES string of the molecule is Brc1cnn(C2(CNc3nccn4nnnc34)CC2)c1. The van der Waals surface area contributed by atoms with E-state index in [9.17, 15) is 0 Å². The number of hydrogen-bond donors (Lipinski definition) is 1. The number of fused-ring (bicyclic) bond motifs is 1. The second-order valence-electron chi connectivity index (χ2n) is 4.90. The zero-order chi connectivity index (χ0) is 13.6. The normalized spacial score (nSPS) is 16.4. The molecule has 9 heteroatoms. The van der Waals surface area contributed by atoms with E-state index in [-0.39, 0.29) is 5.54 Å². The smallest absolute Gasteiger partial charge is 0.221 e. The fourth-order valence-corrected chi connectivity index (χ4v) is 2.53. The van der Waals surface area contributed by atoms with Crippen molar-refractivity contribution in [2.75, 3.05) is 11.9 Å². The van der Waals surface area contributed by atoms with Gasteiger partial charge in [0, 0.05) is 18.9 Å². The summed E-state index contributed by atoms with van der Waals surface area (Å²) in [5.74, 6) is 0.690. The minimum absolute atomic E-state index is 0.0357. The second kappa shape index (κ2) is 4.23. The molecule has 1 saturated carbocycles. The molecule has 0 radical (unpaired) electrons. The van der Waals surface area contributed by atoms with Gasteiger partial charge in [0.2, 0.25) is 5.65 Å². The van der Waals surface area contributed by atoms with Crippen LogP contribution < -0.4 is 5.32 Å². The maximum absolute atomic E-state index is 4.38. The van der Waals surface area contributed by atoms with Gasteiger partial charge in [0.1, 0.15) is 0 Å². The van der Waals surface area contributed by atoms with E-state index in [0.717, 1.165) is 23.9 Å². The minimum atomic E-state index is 0.0357. The number of aromatic nitrogens is 7. The molecule has 0 bridgehead atoms. The first-order chi connectivity index (χ1) is 9.77. The number of nitrogens with zero attached hydrogens (tertiary/aromatic N) is 7. The molecule has 3 aromatic rings. The van der Waals surface area contributed by atoms with Crippen LogP contribution in [0.5, 0.6) is 0 Å². The lowest BCUT2D eigenvalue weighted by Gasteiger charge is -2.17. The highest BCUT2D eigenvalue weighted by atomic mass is 79.9. The van der Waals surface area contributed by atoms with Gasteiger partial charge >= 0.3 is 0 Å². The fourth-order valence-electron chi connectivity index (χ4n) is 2.24. The summed E-state index contributed by atoms with van der Waals surface area (Å²) in [4.78, 5) is 4.30. The van der Waals surface area contributed by atoms with Crippen molar-refractivity contribution in [1.29, 1.82) is 0 Å². The van der Waals surface area contributed by atoms with Crippen molar-refractivity contribution < 1.29 is 0 Å². The van der Waals surface area contributed by atoms with Crippen molar-refractivity contribution >= 4 is 27.4 Å². The van der Waals surface area contributed by atoms with Crippen molar-refractivity contribution in [2.24, 2.45) is 0 Å². The van der Waals surface area contributed by atoms with Gasteiger partial charge in [-0.1, -0.05) is 0 Å². The Morgan fingerprint density at radius 2 is 2.30 bits per heavy atom. The van der Waals surface area contributed by atoms with Crippen LogP contribution in [0.2, 0.25) is 0 Å². The molecule has 0 atom stereocenters. The highest BCUT2D eigenvalue weighted by Gasteiger charge is 2.45. The monoisotopic (exact) mass is 334 g/mol. The zero-order valence-corrected chi connectivity index (χ0v) is 12.0. The Balaban J connectivity index is 1.57. The summed E-state index contributed by atoms with van der Waals surface area (Å²) in [6.45, 7) is 0.751. The van der Waals surface area contributed by atoms with Gasteiger partial charge in [0.25, 0.3) is 0 Å². The molecular formula is C11H11BrN8. The first-order valence-electron chi connectivity index (χ1n) is 6.24. The quantitative estimate of drug-likeness (QED) is 0.768. The average molecular weight is 335 g/mol. The van der Waals surface area contributed by atoms with Crippen molar-refractivity contribution in [3.63, 3.8) is 0 Å². The Bertz CT molecular complexity index is 758. The number of halogens is 1. The average Bonchev–Trinajstić information content (AvgIpc) is 2.87. The van der Waals surface area contributed by atoms with E-state index in [4.69, 9.17) is 0 Å². The highest BCUT2D eigenvalue weighted by Crippen LogP contribution is 2.43. The highest BCUT2D eigenvalue weighted by molar-refractivity contribution is 9.10. The summed E-state index contributed by atoms with van der Waals surface area (Å²) in [6.07, 6.45) is 9.40. The molecule has 3 aromatic heterocycles. The first kappa shape index (κ1) is 11.8. The summed E-state index contributed by atoms with van der Waals surface area (Å²) in [6, 6.07) is 0. The van der Waals surface area contributed by atoms with Gasteiger partial charge in [0.15, 0.2) is 5.82 Å². The van der Waals surface area contributed by atoms with Gasteiger partial charge in [-0.05, 0) is 39.2 Å². The zero-order valence-electron chi connectivity index (χ0n) is 10.4. The van der Waals surface area contributed by atoms with Crippen LogP contribution in [-0.2, 0) is 5.54 Å². The Kier molecular flexibility index (Phi) is 2.49. The molecule has 0 unspecified atom stereocenters. The largest absolute Gasteiger partial charge is 0.364 e. The van der Waals surface area contributed by atoms with E-state index in [1.807, 2.05) is 17.1 Å². The Hall–Kier alpha value is -2.03. The van der Waals surface area contributed by atoms with Crippen molar-refractivity contribution in [1.82, 2.24) is 34.8 Å². The number of anilines is 1. The molecule has 0 saturated heterocycles. The predicted octanol–water partition coefficient (Wildman–Crippen LogP) is 1.08. The summed E-state index contributed by atoms with van der Waals surface area (Å²) in [5.41, 5.74) is 0.665. The molecule has 0 aromatic carbocycles. The van der Waals surface area contributed by atoms with Crippen LogP contribution >= 0.6 is 15.9 Å². The van der Waals surface area contributed by atoms with Crippen LogP contribution in [0.15, 0.2) is 29.3 Å². The maximum Gasteiger partial charge on any atom is 0.221 e. The van der Waals surface area contributed by atoms with E-state index in [0.29, 0.717) is 11.5 Å². The third-order valence-corrected chi connectivity index (χ3v) is 3.97. The number of hydrogen-bond acceptors (Lipinski definition) is 6. The molecule has 3 heterocycles. The second-order valence-corrected chi connectivity index (χ2v) is 5.82. The molecule has 1 aliphatic rings. The van der Waals surface area contributed by atoms with Gasteiger partial charge in [-0.25, -0.2) is 4.98 Å². The lowest BCUT2D eigenvalue weighted by molar-refractivity contribution is 0.452. The van der Waals surface area contributed by atoms with Crippen LogP contribution in [0.3, 0.4) is 0 Å². The van der Waals surface area contributed by atoms with E-state index in [1.165, 1.54) is 0 Å². The third kappa shape index (κ3) is 1.85. The van der Waals surface area contributed by atoms with Gasteiger partial charge < -0.3 is 5.32 Å². The topological polar surface area (TPSA) is 85.8 Å². The van der Waals surface area contributed by atoms with Gasteiger partial charge in [-0.15, -0.1) is 5.10 Å². The van der Waals surface area contributed by atoms with E-state index >= 15 is 0 Å². The van der Waals surface area contributed by atoms with E-state index < -0.39 is 0 Å². The van der Waals surface area contributed by atoms with Crippen molar-refractivity contribution in [3.8, 4) is 0 Å². The maximum atomic E-state index is 4.38. The Morgan fingerprint density at radius 3 is 3.05 bits per heavy atom. The number of nitrogens with one attached hydrogen (secondary N) is 1. The fraction of sp³-hybridized carbons (Fsp3) is 0.364. The van der Waals surface area contributed by atoms with Gasteiger partial charge in [-0.3, -0.25) is 4.68 Å². The van der Waals surface area contributed by atoms with Crippen LogP contribution in [0.25, 0.3) is 5.65 Å².